The highest BCUT2D eigenvalue weighted by molar-refractivity contribution is 5.52. The van der Waals surface area contributed by atoms with E-state index in [0.717, 1.165) is 39.3 Å². The van der Waals surface area contributed by atoms with E-state index in [0.29, 0.717) is 13.2 Å². The van der Waals surface area contributed by atoms with Crippen molar-refractivity contribution >= 4 is 12.2 Å². The second-order valence-corrected chi connectivity index (χ2v) is 6.31. The highest BCUT2D eigenvalue weighted by Gasteiger charge is 2.06. The van der Waals surface area contributed by atoms with Crippen LogP contribution in [0.5, 0.6) is 11.5 Å². The molecule has 0 aliphatic carbocycles. The van der Waals surface area contributed by atoms with Crippen molar-refractivity contribution < 1.29 is 9.47 Å². The number of ether oxygens (including phenoxy) is 2. The summed E-state index contributed by atoms with van der Waals surface area (Å²) in [6.45, 7) is 10.8. The number of hydrogen-bond acceptors (Lipinski definition) is 2. The van der Waals surface area contributed by atoms with Gasteiger partial charge in [-0.15, -0.1) is 0 Å². The predicted octanol–water partition coefficient (Wildman–Crippen LogP) is 6.44. The highest BCUT2D eigenvalue weighted by Crippen LogP contribution is 2.26. The molecule has 2 heteroatoms. The van der Waals surface area contributed by atoms with E-state index >= 15 is 0 Å². The first-order valence-electron chi connectivity index (χ1n) is 8.98. The fourth-order valence-electron chi connectivity index (χ4n) is 2.92. The molecule has 3 aromatic rings. The number of rotatable bonds is 8. The molecule has 0 aliphatic heterocycles. The summed E-state index contributed by atoms with van der Waals surface area (Å²) in [5.74, 6) is 1.68. The fraction of sp³-hybridized carbons (Fsp3) is 0.120. The third kappa shape index (κ3) is 4.68. The van der Waals surface area contributed by atoms with E-state index in [4.69, 9.17) is 9.47 Å². The lowest BCUT2D eigenvalue weighted by Gasteiger charge is -2.13. The van der Waals surface area contributed by atoms with Gasteiger partial charge in [-0.25, -0.2) is 0 Å². The summed E-state index contributed by atoms with van der Waals surface area (Å²) in [4.78, 5) is 0. The van der Waals surface area contributed by atoms with Crippen LogP contribution in [-0.4, -0.2) is 0 Å². The molecule has 0 aliphatic rings. The first-order valence-corrected chi connectivity index (χ1v) is 8.98. The molecule has 2 nitrogen and oxygen atoms in total. The minimum absolute atomic E-state index is 0.508. The molecule has 0 fully saturated rings. The average Bonchev–Trinajstić information content (AvgIpc) is 2.72. The Labute approximate surface area is 161 Å². The van der Waals surface area contributed by atoms with Gasteiger partial charge in [-0.05, 0) is 52.9 Å². The number of benzene rings is 3. The molecule has 0 bridgehead atoms. The van der Waals surface area contributed by atoms with Crippen molar-refractivity contribution in [2.45, 2.75) is 20.1 Å². The van der Waals surface area contributed by atoms with Crippen molar-refractivity contribution in [3.8, 4) is 11.5 Å². The van der Waals surface area contributed by atoms with Crippen molar-refractivity contribution in [2.24, 2.45) is 0 Å². The van der Waals surface area contributed by atoms with Crippen LogP contribution < -0.4 is 9.47 Å². The number of hydrogen-bond donors (Lipinski definition) is 0. The van der Waals surface area contributed by atoms with E-state index < -0.39 is 0 Å². The normalized spacial score (nSPS) is 10.3. The van der Waals surface area contributed by atoms with Crippen LogP contribution in [0.1, 0.15) is 27.8 Å². The summed E-state index contributed by atoms with van der Waals surface area (Å²) in [5, 5.41) is 0. The Kier molecular flexibility index (Phi) is 6.11. The summed E-state index contributed by atoms with van der Waals surface area (Å²) in [6.07, 6.45) is 3.70. The molecule has 0 spiro atoms. The van der Waals surface area contributed by atoms with Crippen molar-refractivity contribution in [1.29, 1.82) is 0 Å². The zero-order chi connectivity index (χ0) is 19.1. The zero-order valence-corrected chi connectivity index (χ0v) is 15.7. The SMILES string of the molecule is C=Cc1ccccc1COc1ccc(OCc2ccccc2C=C)c(C)c1. The Morgan fingerprint density at radius 3 is 1.85 bits per heavy atom. The molecular weight excluding hydrogens is 332 g/mol. The summed E-state index contributed by atoms with van der Waals surface area (Å²) < 4.78 is 12.0. The molecule has 0 heterocycles. The standard InChI is InChI=1S/C25H24O2/c1-4-20-10-6-8-12-22(20)17-26-24-14-15-25(19(3)16-24)27-18-23-13-9-7-11-21(23)5-2/h4-16H,1-2,17-18H2,3H3. The molecule has 3 aromatic carbocycles. The van der Waals surface area contributed by atoms with Crippen molar-refractivity contribution in [1.82, 2.24) is 0 Å². The Bertz CT molecular complexity index is 941. The van der Waals surface area contributed by atoms with Crippen LogP contribution in [0.4, 0.5) is 0 Å². The third-order valence-electron chi connectivity index (χ3n) is 4.47. The van der Waals surface area contributed by atoms with Crippen LogP contribution in [0.15, 0.2) is 79.9 Å². The molecule has 0 saturated heterocycles. The van der Waals surface area contributed by atoms with Crippen LogP contribution in [0.3, 0.4) is 0 Å². The van der Waals surface area contributed by atoms with Gasteiger partial charge < -0.3 is 9.47 Å². The lowest BCUT2D eigenvalue weighted by molar-refractivity contribution is 0.295. The molecular formula is C25H24O2. The topological polar surface area (TPSA) is 18.5 Å². The van der Waals surface area contributed by atoms with Crippen molar-refractivity contribution in [2.75, 3.05) is 0 Å². The monoisotopic (exact) mass is 356 g/mol. The first kappa shape index (κ1) is 18.5. The quantitative estimate of drug-likeness (QED) is 0.462. The molecule has 0 saturated carbocycles. The molecule has 0 atom stereocenters. The third-order valence-corrected chi connectivity index (χ3v) is 4.47. The smallest absolute Gasteiger partial charge is 0.122 e. The van der Waals surface area contributed by atoms with E-state index in [1.807, 2.05) is 73.7 Å². The summed E-state index contributed by atoms with van der Waals surface area (Å²) in [7, 11) is 0. The lowest BCUT2D eigenvalue weighted by Crippen LogP contribution is -2.00. The van der Waals surface area contributed by atoms with E-state index in [-0.39, 0.29) is 0 Å². The Hall–Kier alpha value is -3.26. The maximum atomic E-state index is 6.00. The van der Waals surface area contributed by atoms with E-state index in [9.17, 15) is 0 Å². The van der Waals surface area contributed by atoms with Crippen molar-refractivity contribution in [3.05, 3.63) is 108 Å². The van der Waals surface area contributed by atoms with Gasteiger partial charge in [0.05, 0.1) is 0 Å². The molecule has 0 amide bonds. The minimum Gasteiger partial charge on any atom is -0.489 e. The van der Waals surface area contributed by atoms with Crippen LogP contribution in [0, 0.1) is 6.92 Å². The maximum Gasteiger partial charge on any atom is 0.122 e. The second-order valence-electron chi connectivity index (χ2n) is 6.31. The van der Waals surface area contributed by atoms with Gasteiger partial charge in [0.25, 0.3) is 0 Å². The van der Waals surface area contributed by atoms with Gasteiger partial charge in [-0.3, -0.25) is 0 Å². The second kappa shape index (κ2) is 8.91. The van der Waals surface area contributed by atoms with E-state index in [1.54, 1.807) is 0 Å². The van der Waals surface area contributed by atoms with Gasteiger partial charge in [0.15, 0.2) is 0 Å². The first-order chi connectivity index (χ1) is 13.2. The van der Waals surface area contributed by atoms with Crippen molar-refractivity contribution in [3.63, 3.8) is 0 Å². The number of aryl methyl sites for hydroxylation is 1. The van der Waals surface area contributed by atoms with E-state index in [1.165, 1.54) is 0 Å². The van der Waals surface area contributed by atoms with Crippen LogP contribution in [-0.2, 0) is 13.2 Å². The Morgan fingerprint density at radius 1 is 0.741 bits per heavy atom. The van der Waals surface area contributed by atoms with Gasteiger partial charge in [0, 0.05) is 0 Å². The van der Waals surface area contributed by atoms with Crippen LogP contribution in [0.25, 0.3) is 12.2 Å². The highest BCUT2D eigenvalue weighted by atomic mass is 16.5. The summed E-state index contributed by atoms with van der Waals surface area (Å²) in [6, 6.07) is 22.1. The molecule has 0 radical (unpaired) electrons. The molecule has 0 N–H and O–H groups in total. The largest absolute Gasteiger partial charge is 0.489 e. The molecule has 27 heavy (non-hydrogen) atoms. The maximum absolute atomic E-state index is 6.00. The van der Waals surface area contributed by atoms with Gasteiger partial charge >= 0.3 is 0 Å². The Morgan fingerprint density at radius 2 is 1.30 bits per heavy atom. The van der Waals surface area contributed by atoms with Gasteiger partial charge in [0.2, 0.25) is 0 Å². The van der Waals surface area contributed by atoms with Crippen LogP contribution >= 0.6 is 0 Å². The Balaban J connectivity index is 1.65. The fourth-order valence-corrected chi connectivity index (χ4v) is 2.92. The molecule has 3 rings (SSSR count). The van der Waals surface area contributed by atoms with Gasteiger partial charge in [0.1, 0.15) is 24.7 Å². The average molecular weight is 356 g/mol. The summed E-state index contributed by atoms with van der Waals surface area (Å²) in [5.41, 5.74) is 5.46. The minimum atomic E-state index is 0.508. The van der Waals surface area contributed by atoms with Gasteiger partial charge in [-0.1, -0.05) is 73.8 Å². The molecule has 0 aromatic heterocycles. The zero-order valence-electron chi connectivity index (χ0n) is 15.7. The van der Waals surface area contributed by atoms with Gasteiger partial charge in [-0.2, -0.15) is 0 Å². The van der Waals surface area contributed by atoms with E-state index in [2.05, 4.69) is 25.3 Å². The lowest BCUT2D eigenvalue weighted by atomic mass is 10.1. The van der Waals surface area contributed by atoms with Crippen LogP contribution in [0.2, 0.25) is 0 Å². The predicted molar refractivity (Wildman–Crippen MR) is 113 cm³/mol. The molecule has 0 unspecified atom stereocenters. The summed E-state index contributed by atoms with van der Waals surface area (Å²) >= 11 is 0. The molecule has 136 valence electrons.